The number of nitrogens with zero attached hydrogens (tertiary/aromatic N) is 1. The van der Waals surface area contributed by atoms with Crippen LogP contribution in [0, 0.1) is 0 Å². The molecule has 0 atom stereocenters. The minimum absolute atomic E-state index is 0.0312. The fraction of sp³-hybridized carbons (Fsp3) is 0.529. The molecule has 1 saturated heterocycles. The average molecular weight is 318 g/mol. The molecule has 0 bridgehead atoms. The zero-order valence-corrected chi connectivity index (χ0v) is 13.5. The number of hydrogen-bond donors (Lipinski definition) is 2. The summed E-state index contributed by atoms with van der Waals surface area (Å²) in [6, 6.07) is 7.14. The van der Waals surface area contributed by atoms with E-state index in [0.29, 0.717) is 17.7 Å². The van der Waals surface area contributed by atoms with Crippen LogP contribution in [0.25, 0.3) is 0 Å². The summed E-state index contributed by atoms with van der Waals surface area (Å²) in [6.07, 6.45) is 2.45. The lowest BCUT2D eigenvalue weighted by atomic mass is 10.0. The van der Waals surface area contributed by atoms with Crippen LogP contribution < -0.4 is 10.6 Å². The van der Waals surface area contributed by atoms with Gasteiger partial charge in [-0.3, -0.25) is 9.59 Å². The van der Waals surface area contributed by atoms with E-state index in [0.717, 1.165) is 32.5 Å². The van der Waals surface area contributed by atoms with Crippen molar-refractivity contribution in [2.45, 2.75) is 32.2 Å². The van der Waals surface area contributed by atoms with E-state index in [1.807, 2.05) is 0 Å². The summed E-state index contributed by atoms with van der Waals surface area (Å²) < 4.78 is 0. The first kappa shape index (κ1) is 17.4. The summed E-state index contributed by atoms with van der Waals surface area (Å²) >= 11 is 0. The molecule has 0 aliphatic carbocycles. The van der Waals surface area contributed by atoms with Crippen molar-refractivity contribution >= 4 is 17.5 Å². The van der Waals surface area contributed by atoms with Gasteiger partial charge in [-0.25, -0.2) is 5.11 Å². The molecule has 1 aliphatic rings. The lowest BCUT2D eigenvalue weighted by Crippen LogP contribution is -2.45. The van der Waals surface area contributed by atoms with Gasteiger partial charge in [-0.15, -0.1) is 0 Å². The van der Waals surface area contributed by atoms with E-state index in [1.54, 1.807) is 24.3 Å². The Morgan fingerprint density at radius 1 is 1.22 bits per heavy atom. The predicted molar refractivity (Wildman–Crippen MR) is 87.8 cm³/mol. The van der Waals surface area contributed by atoms with Crippen LogP contribution in [0.5, 0.6) is 0 Å². The summed E-state index contributed by atoms with van der Waals surface area (Å²) in [4.78, 5) is 26.0. The Morgan fingerprint density at radius 2 is 1.91 bits per heavy atom. The maximum atomic E-state index is 12.5. The molecule has 23 heavy (non-hydrogen) atoms. The van der Waals surface area contributed by atoms with Crippen molar-refractivity contribution in [3.8, 4) is 0 Å². The monoisotopic (exact) mass is 318 g/mol. The highest BCUT2D eigenvalue weighted by Crippen LogP contribution is 2.17. The summed E-state index contributed by atoms with van der Waals surface area (Å²) in [7, 11) is 0. The molecule has 2 rings (SSSR count). The highest BCUT2D eigenvalue weighted by atomic mass is 16.3. The topological polar surface area (TPSA) is 81.3 Å². The molecule has 6 nitrogen and oxygen atoms in total. The van der Waals surface area contributed by atoms with E-state index < -0.39 is 0 Å². The fourth-order valence-corrected chi connectivity index (χ4v) is 2.83. The fourth-order valence-electron chi connectivity index (χ4n) is 2.83. The number of benzene rings is 1. The Balaban J connectivity index is 1.89. The lowest BCUT2D eigenvalue weighted by molar-refractivity contribution is -0.114. The Bertz CT molecular complexity index is 540. The second kappa shape index (κ2) is 8.64. The summed E-state index contributed by atoms with van der Waals surface area (Å²) in [6.45, 7) is 4.04. The van der Waals surface area contributed by atoms with Gasteiger partial charge in [-0.1, -0.05) is 12.1 Å². The molecule has 2 N–H and O–H groups in total. The van der Waals surface area contributed by atoms with Crippen LogP contribution in [0.4, 0.5) is 5.69 Å². The number of piperidine rings is 1. The van der Waals surface area contributed by atoms with E-state index in [2.05, 4.69) is 15.5 Å². The van der Waals surface area contributed by atoms with E-state index in [-0.39, 0.29) is 24.5 Å². The number of carbonyl (C=O) groups excluding carboxylic acids is 2. The molecule has 0 aromatic heterocycles. The number of hydrogen-bond acceptors (Lipinski definition) is 3. The second-order valence-corrected chi connectivity index (χ2v) is 5.87. The molecule has 0 saturated carbocycles. The highest BCUT2D eigenvalue weighted by Gasteiger charge is 2.21. The molecule has 1 aliphatic heterocycles. The molecule has 1 aromatic rings. The maximum Gasteiger partial charge on any atom is 0.253 e. The van der Waals surface area contributed by atoms with Crippen molar-refractivity contribution in [2.24, 2.45) is 0 Å². The molecule has 125 valence electrons. The molecule has 1 fully saturated rings. The van der Waals surface area contributed by atoms with Crippen LogP contribution in [0.1, 0.15) is 36.5 Å². The van der Waals surface area contributed by atoms with Crippen LogP contribution in [0.2, 0.25) is 0 Å². The zero-order valence-electron chi connectivity index (χ0n) is 13.5. The van der Waals surface area contributed by atoms with Crippen molar-refractivity contribution in [3.05, 3.63) is 29.8 Å². The lowest BCUT2D eigenvalue weighted by Gasteiger charge is -2.32. The average Bonchev–Trinajstić information content (AvgIpc) is 2.54. The molecular formula is C17H24N3O3. The molecular weight excluding hydrogens is 294 g/mol. The molecule has 0 unspecified atom stereocenters. The van der Waals surface area contributed by atoms with E-state index >= 15 is 0 Å². The van der Waals surface area contributed by atoms with Crippen LogP contribution in [0.15, 0.2) is 24.3 Å². The van der Waals surface area contributed by atoms with Crippen molar-refractivity contribution in [3.63, 3.8) is 0 Å². The van der Waals surface area contributed by atoms with Gasteiger partial charge >= 0.3 is 0 Å². The van der Waals surface area contributed by atoms with Crippen molar-refractivity contribution in [1.82, 2.24) is 10.2 Å². The van der Waals surface area contributed by atoms with Crippen LogP contribution in [-0.4, -0.2) is 49.0 Å². The predicted octanol–water partition coefficient (Wildman–Crippen LogP) is 1.66. The van der Waals surface area contributed by atoms with Gasteiger partial charge in [0.25, 0.3) is 5.91 Å². The van der Waals surface area contributed by atoms with Gasteiger partial charge in [0.1, 0.15) is 0 Å². The van der Waals surface area contributed by atoms with Gasteiger partial charge in [0, 0.05) is 32.6 Å². The summed E-state index contributed by atoms with van der Waals surface area (Å²) in [5.41, 5.74) is 1.02. The Morgan fingerprint density at radius 3 is 2.57 bits per heavy atom. The van der Waals surface area contributed by atoms with Gasteiger partial charge in [0.15, 0.2) is 0 Å². The molecule has 1 aromatic carbocycles. The minimum atomic E-state index is -0.197. The molecule has 1 heterocycles. The zero-order chi connectivity index (χ0) is 16.7. The molecule has 6 heteroatoms. The largest absolute Gasteiger partial charge is 0.349 e. The van der Waals surface area contributed by atoms with E-state index in [4.69, 9.17) is 0 Å². The van der Waals surface area contributed by atoms with Crippen LogP contribution in [-0.2, 0) is 9.90 Å². The quantitative estimate of drug-likeness (QED) is 0.837. The van der Waals surface area contributed by atoms with Crippen LogP contribution in [0.3, 0.4) is 0 Å². The van der Waals surface area contributed by atoms with Crippen molar-refractivity contribution in [1.29, 1.82) is 0 Å². The number of anilines is 1. The third kappa shape index (κ3) is 5.33. The minimum Gasteiger partial charge on any atom is -0.349 e. The number of likely N-dealkylation sites (tertiary alicyclic amines) is 1. The molecule has 1 radical (unpaired) electrons. The van der Waals surface area contributed by atoms with E-state index in [9.17, 15) is 14.7 Å². The van der Waals surface area contributed by atoms with E-state index in [1.165, 1.54) is 6.92 Å². The summed E-state index contributed by atoms with van der Waals surface area (Å²) in [5, 5.41) is 16.3. The first-order valence-electron chi connectivity index (χ1n) is 8.08. The smallest absolute Gasteiger partial charge is 0.253 e. The van der Waals surface area contributed by atoms with Gasteiger partial charge in [-0.2, -0.15) is 0 Å². The SMILES string of the molecule is CC(=O)Nc1ccccc1C(=O)NC1CCN(CCC[O])CC1. The van der Waals surface area contributed by atoms with Gasteiger partial charge in [-0.05, 0) is 31.4 Å². The van der Waals surface area contributed by atoms with Gasteiger partial charge in [0.05, 0.1) is 17.9 Å². The first-order chi connectivity index (χ1) is 11.1. The van der Waals surface area contributed by atoms with Gasteiger partial charge in [0.2, 0.25) is 5.91 Å². The first-order valence-corrected chi connectivity index (χ1v) is 8.08. The third-order valence-electron chi connectivity index (χ3n) is 4.02. The van der Waals surface area contributed by atoms with Crippen LogP contribution >= 0.6 is 0 Å². The normalized spacial score (nSPS) is 16.1. The Kier molecular flexibility index (Phi) is 6.55. The number of rotatable bonds is 6. The summed E-state index contributed by atoms with van der Waals surface area (Å²) in [5.74, 6) is -0.357. The number of carbonyl (C=O) groups is 2. The maximum absolute atomic E-state index is 12.5. The molecule has 0 spiro atoms. The second-order valence-electron chi connectivity index (χ2n) is 5.87. The number of amides is 2. The Hall–Kier alpha value is -1.92. The standard InChI is InChI=1S/C17H24N3O3/c1-13(22)18-16-6-3-2-5-15(16)17(23)19-14-7-10-20(11-8-14)9-4-12-21/h2-3,5-6,14H,4,7-12H2,1H3,(H,18,22)(H,19,23). The number of nitrogens with one attached hydrogen (secondary N) is 2. The number of para-hydroxylation sites is 1. The Labute approximate surface area is 136 Å². The van der Waals surface area contributed by atoms with Crippen molar-refractivity contribution < 1.29 is 14.7 Å². The highest BCUT2D eigenvalue weighted by molar-refractivity contribution is 6.03. The third-order valence-corrected chi connectivity index (χ3v) is 4.02. The van der Waals surface area contributed by atoms with Gasteiger partial charge < -0.3 is 15.5 Å². The van der Waals surface area contributed by atoms with Crippen molar-refractivity contribution in [2.75, 3.05) is 31.6 Å². The molecule has 2 amide bonds.